The molecular formula is C11H14N2O5S. The fourth-order valence-corrected chi connectivity index (χ4v) is 2.88. The topological polar surface area (TPSA) is 117 Å². The molecule has 104 valence electrons. The number of nitrogens with one attached hydrogen (secondary N) is 1. The first-order valence-electron chi connectivity index (χ1n) is 5.75. The van der Waals surface area contributed by atoms with Gasteiger partial charge < -0.3 is 10.2 Å². The van der Waals surface area contributed by atoms with Crippen LogP contribution < -0.4 is 4.72 Å². The van der Waals surface area contributed by atoms with Gasteiger partial charge in [-0.05, 0) is 30.9 Å². The Labute approximate surface area is 110 Å². The predicted octanol–water partition coefficient (Wildman–Crippen LogP) is -0.171. The van der Waals surface area contributed by atoms with Crippen molar-refractivity contribution in [3.63, 3.8) is 0 Å². The van der Waals surface area contributed by atoms with Crippen LogP contribution in [0.5, 0.6) is 0 Å². The molecule has 0 saturated heterocycles. The molecule has 3 N–H and O–H groups in total. The van der Waals surface area contributed by atoms with Crippen molar-refractivity contribution >= 4 is 16.0 Å². The fraction of sp³-hybridized carbons (Fsp3) is 0.455. The predicted molar refractivity (Wildman–Crippen MR) is 65.1 cm³/mol. The summed E-state index contributed by atoms with van der Waals surface area (Å²) < 4.78 is 26.1. The number of carbonyl (C=O) groups is 1. The summed E-state index contributed by atoms with van der Waals surface area (Å²) in [4.78, 5) is 14.3. The summed E-state index contributed by atoms with van der Waals surface area (Å²) in [5, 5.41) is 17.6. The average Bonchev–Trinajstić information content (AvgIpc) is 2.33. The molecule has 1 fully saturated rings. The third kappa shape index (κ3) is 3.28. The van der Waals surface area contributed by atoms with Gasteiger partial charge in [0.05, 0.1) is 11.7 Å². The summed E-state index contributed by atoms with van der Waals surface area (Å²) in [5.41, 5.74) is -0.0685. The van der Waals surface area contributed by atoms with Crippen LogP contribution in [0, 0.1) is 5.92 Å². The lowest BCUT2D eigenvalue weighted by Gasteiger charge is -2.31. The van der Waals surface area contributed by atoms with Crippen LogP contribution >= 0.6 is 0 Å². The van der Waals surface area contributed by atoms with Crippen molar-refractivity contribution in [2.75, 3.05) is 6.54 Å². The highest BCUT2D eigenvalue weighted by atomic mass is 32.2. The maximum absolute atomic E-state index is 11.9. The second-order valence-electron chi connectivity index (χ2n) is 4.53. The second kappa shape index (κ2) is 5.24. The number of sulfonamides is 1. The minimum Gasteiger partial charge on any atom is -0.478 e. The van der Waals surface area contributed by atoms with Gasteiger partial charge >= 0.3 is 5.97 Å². The van der Waals surface area contributed by atoms with Gasteiger partial charge in [-0.25, -0.2) is 22.9 Å². The lowest BCUT2D eigenvalue weighted by atomic mass is 9.83. The number of aromatic carboxylic acids is 1. The van der Waals surface area contributed by atoms with Gasteiger partial charge in [-0.2, -0.15) is 0 Å². The molecule has 7 nitrogen and oxygen atoms in total. The molecule has 2 rings (SSSR count). The Bertz CT molecular complexity index is 563. The van der Waals surface area contributed by atoms with Crippen molar-refractivity contribution in [3.05, 3.63) is 23.9 Å². The minimum atomic E-state index is -3.73. The zero-order chi connectivity index (χ0) is 14.0. The number of aliphatic hydroxyl groups excluding tert-OH is 1. The van der Waals surface area contributed by atoms with E-state index in [2.05, 4.69) is 9.71 Å². The molecular weight excluding hydrogens is 272 g/mol. The van der Waals surface area contributed by atoms with E-state index in [0.717, 1.165) is 12.3 Å². The summed E-state index contributed by atoms with van der Waals surface area (Å²) in [7, 11) is -3.73. The Morgan fingerprint density at radius 1 is 1.42 bits per heavy atom. The monoisotopic (exact) mass is 286 g/mol. The van der Waals surface area contributed by atoms with E-state index in [1.165, 1.54) is 6.07 Å². The summed E-state index contributed by atoms with van der Waals surface area (Å²) >= 11 is 0. The molecule has 1 aromatic rings. The third-order valence-corrected chi connectivity index (χ3v) is 4.37. The quantitative estimate of drug-likeness (QED) is 0.692. The number of carboxylic acids is 1. The SMILES string of the molecule is O=C(O)c1ccc(S(=O)(=O)NCC2CC(O)C2)nc1. The van der Waals surface area contributed by atoms with Crippen molar-refractivity contribution in [2.45, 2.75) is 24.0 Å². The van der Waals surface area contributed by atoms with Crippen LogP contribution in [0.2, 0.25) is 0 Å². The lowest BCUT2D eigenvalue weighted by Crippen LogP contribution is -2.38. The molecule has 0 aromatic carbocycles. The highest BCUT2D eigenvalue weighted by Crippen LogP contribution is 2.26. The van der Waals surface area contributed by atoms with Gasteiger partial charge in [-0.3, -0.25) is 0 Å². The highest BCUT2D eigenvalue weighted by Gasteiger charge is 2.28. The highest BCUT2D eigenvalue weighted by molar-refractivity contribution is 7.89. The molecule has 0 radical (unpaired) electrons. The molecule has 1 aliphatic rings. The molecule has 0 atom stereocenters. The van der Waals surface area contributed by atoms with Gasteiger partial charge in [0.25, 0.3) is 10.0 Å². The van der Waals surface area contributed by atoms with E-state index in [1.807, 2.05) is 0 Å². The smallest absolute Gasteiger partial charge is 0.337 e. The molecule has 0 unspecified atom stereocenters. The second-order valence-corrected chi connectivity index (χ2v) is 6.25. The van der Waals surface area contributed by atoms with E-state index in [9.17, 15) is 13.2 Å². The van der Waals surface area contributed by atoms with Crippen LogP contribution in [0.3, 0.4) is 0 Å². The Hall–Kier alpha value is -1.51. The van der Waals surface area contributed by atoms with Crippen LogP contribution in [-0.4, -0.2) is 42.2 Å². The van der Waals surface area contributed by atoms with Crippen molar-refractivity contribution in [1.29, 1.82) is 0 Å². The molecule has 1 aromatic heterocycles. The number of hydrogen-bond donors (Lipinski definition) is 3. The van der Waals surface area contributed by atoms with Gasteiger partial charge in [0.2, 0.25) is 0 Å². The minimum absolute atomic E-state index is 0.0685. The summed E-state index contributed by atoms with van der Waals surface area (Å²) in [6.07, 6.45) is 1.86. The molecule has 1 heterocycles. The van der Waals surface area contributed by atoms with Gasteiger partial charge in [0, 0.05) is 12.7 Å². The van der Waals surface area contributed by atoms with Crippen molar-refractivity contribution in [2.24, 2.45) is 5.92 Å². The van der Waals surface area contributed by atoms with Crippen LogP contribution in [0.25, 0.3) is 0 Å². The van der Waals surface area contributed by atoms with Crippen LogP contribution in [-0.2, 0) is 10.0 Å². The van der Waals surface area contributed by atoms with E-state index in [4.69, 9.17) is 10.2 Å². The fourth-order valence-electron chi connectivity index (χ4n) is 1.83. The largest absolute Gasteiger partial charge is 0.478 e. The Balaban J connectivity index is 2.00. The number of carboxylic acid groups (broad SMARTS) is 1. The Morgan fingerprint density at radius 3 is 2.58 bits per heavy atom. The van der Waals surface area contributed by atoms with E-state index in [0.29, 0.717) is 12.8 Å². The molecule has 19 heavy (non-hydrogen) atoms. The summed E-state index contributed by atoms with van der Waals surface area (Å²) in [6.45, 7) is 0.252. The van der Waals surface area contributed by atoms with Crippen molar-refractivity contribution < 1.29 is 23.4 Å². The van der Waals surface area contributed by atoms with Crippen molar-refractivity contribution in [3.8, 4) is 0 Å². The lowest BCUT2D eigenvalue weighted by molar-refractivity contribution is 0.0453. The van der Waals surface area contributed by atoms with Gasteiger partial charge in [0.15, 0.2) is 5.03 Å². The Morgan fingerprint density at radius 2 is 2.11 bits per heavy atom. The van der Waals surface area contributed by atoms with E-state index < -0.39 is 16.0 Å². The van der Waals surface area contributed by atoms with Gasteiger partial charge in [0.1, 0.15) is 0 Å². The van der Waals surface area contributed by atoms with Crippen LogP contribution in [0.1, 0.15) is 23.2 Å². The number of nitrogens with zero attached hydrogens (tertiary/aromatic N) is 1. The maximum atomic E-state index is 11.9. The van der Waals surface area contributed by atoms with E-state index in [-0.39, 0.29) is 29.2 Å². The number of aromatic nitrogens is 1. The molecule has 0 aliphatic heterocycles. The van der Waals surface area contributed by atoms with Crippen LogP contribution in [0.4, 0.5) is 0 Å². The third-order valence-electron chi connectivity index (χ3n) is 3.03. The van der Waals surface area contributed by atoms with E-state index >= 15 is 0 Å². The zero-order valence-corrected chi connectivity index (χ0v) is 10.8. The number of hydrogen-bond acceptors (Lipinski definition) is 5. The zero-order valence-electron chi connectivity index (χ0n) is 9.98. The molecule has 8 heteroatoms. The molecule has 1 aliphatic carbocycles. The van der Waals surface area contributed by atoms with Gasteiger partial charge in [-0.1, -0.05) is 0 Å². The van der Waals surface area contributed by atoms with E-state index in [1.54, 1.807) is 0 Å². The van der Waals surface area contributed by atoms with Crippen LogP contribution in [0.15, 0.2) is 23.4 Å². The number of rotatable bonds is 5. The Kier molecular flexibility index (Phi) is 3.83. The first-order valence-corrected chi connectivity index (χ1v) is 7.24. The summed E-state index contributed by atoms with van der Waals surface area (Å²) in [6, 6.07) is 2.35. The molecule has 0 bridgehead atoms. The molecule has 0 spiro atoms. The number of pyridine rings is 1. The molecule has 1 saturated carbocycles. The average molecular weight is 286 g/mol. The number of aliphatic hydroxyl groups is 1. The maximum Gasteiger partial charge on any atom is 0.337 e. The first-order chi connectivity index (χ1) is 8.88. The van der Waals surface area contributed by atoms with Gasteiger partial charge in [-0.15, -0.1) is 0 Å². The van der Waals surface area contributed by atoms with Crippen molar-refractivity contribution in [1.82, 2.24) is 9.71 Å². The standard InChI is InChI=1S/C11H14N2O5S/c14-9-3-7(4-9)5-13-19(17,18)10-2-1-8(6-12-10)11(15)16/h1-2,6-7,9,13-14H,3-5H2,(H,15,16). The first kappa shape index (κ1) is 13.9. The summed E-state index contributed by atoms with van der Waals surface area (Å²) in [5.74, 6) is -1.02. The molecule has 0 amide bonds. The normalized spacial score (nSPS) is 22.8.